The summed E-state index contributed by atoms with van der Waals surface area (Å²) in [6.45, 7) is 0. The Labute approximate surface area is 132 Å². The highest BCUT2D eigenvalue weighted by Gasteiger charge is 2.04. The van der Waals surface area contributed by atoms with Crippen molar-refractivity contribution in [3.05, 3.63) is 52.5 Å². The molecule has 0 radical (unpaired) electrons. The van der Waals surface area contributed by atoms with Gasteiger partial charge in [0.2, 0.25) is 0 Å². The summed E-state index contributed by atoms with van der Waals surface area (Å²) in [6, 6.07) is 12.6. The van der Waals surface area contributed by atoms with Gasteiger partial charge < -0.3 is 15.4 Å². The van der Waals surface area contributed by atoms with Crippen molar-refractivity contribution in [3.63, 3.8) is 0 Å². The molecular weight excluding hydrogens is 315 g/mol. The second-order valence-corrected chi connectivity index (χ2v) is 5.19. The Morgan fingerprint density at radius 3 is 2.65 bits per heavy atom. The van der Waals surface area contributed by atoms with Gasteiger partial charge in [-0.05, 0) is 42.5 Å². The third-order valence-electron chi connectivity index (χ3n) is 2.50. The summed E-state index contributed by atoms with van der Waals surface area (Å²) in [7, 11) is 1.61. The standard InChI is InChI=1S/C14H12Cl2N2OS/c1-19-11-4-2-3-10(8-11)17-14(20)18-13-7-9(15)5-6-12(13)16/h2-8H,1H3,(H2,17,18,20). The minimum Gasteiger partial charge on any atom is -0.497 e. The zero-order valence-corrected chi connectivity index (χ0v) is 12.9. The molecule has 0 aromatic heterocycles. The molecule has 0 unspecified atom stereocenters. The van der Waals surface area contributed by atoms with Gasteiger partial charge in [-0.25, -0.2) is 0 Å². The van der Waals surface area contributed by atoms with Gasteiger partial charge in [-0.1, -0.05) is 29.3 Å². The number of anilines is 2. The number of halogens is 2. The van der Waals surface area contributed by atoms with Crippen LogP contribution < -0.4 is 15.4 Å². The molecule has 104 valence electrons. The predicted molar refractivity (Wildman–Crippen MR) is 89.3 cm³/mol. The number of ether oxygens (including phenoxy) is 1. The molecule has 0 fully saturated rings. The third kappa shape index (κ3) is 4.00. The van der Waals surface area contributed by atoms with Gasteiger partial charge in [0.1, 0.15) is 5.75 Å². The van der Waals surface area contributed by atoms with Crippen LogP contribution in [0, 0.1) is 0 Å². The first-order chi connectivity index (χ1) is 9.58. The Hall–Kier alpha value is -1.49. The van der Waals surface area contributed by atoms with Crippen molar-refractivity contribution < 1.29 is 4.74 Å². The fraction of sp³-hybridized carbons (Fsp3) is 0.0714. The highest BCUT2D eigenvalue weighted by atomic mass is 35.5. The average molecular weight is 327 g/mol. The maximum Gasteiger partial charge on any atom is 0.175 e. The molecule has 0 bridgehead atoms. The molecule has 0 saturated carbocycles. The van der Waals surface area contributed by atoms with Gasteiger partial charge >= 0.3 is 0 Å². The molecule has 2 N–H and O–H groups in total. The van der Waals surface area contributed by atoms with Gasteiger partial charge in [0.15, 0.2) is 5.11 Å². The van der Waals surface area contributed by atoms with Crippen molar-refractivity contribution in [1.82, 2.24) is 0 Å². The fourth-order valence-electron chi connectivity index (χ4n) is 1.58. The smallest absolute Gasteiger partial charge is 0.175 e. The normalized spacial score (nSPS) is 9.95. The lowest BCUT2D eigenvalue weighted by Gasteiger charge is -2.12. The zero-order valence-electron chi connectivity index (χ0n) is 10.6. The van der Waals surface area contributed by atoms with E-state index >= 15 is 0 Å². The van der Waals surface area contributed by atoms with E-state index in [-0.39, 0.29) is 0 Å². The van der Waals surface area contributed by atoms with Crippen molar-refractivity contribution in [2.24, 2.45) is 0 Å². The fourth-order valence-corrected chi connectivity index (χ4v) is 2.14. The van der Waals surface area contributed by atoms with Crippen LogP contribution in [0.15, 0.2) is 42.5 Å². The molecule has 0 spiro atoms. The number of methoxy groups -OCH3 is 1. The molecule has 3 nitrogen and oxygen atoms in total. The molecule has 20 heavy (non-hydrogen) atoms. The van der Waals surface area contributed by atoms with Crippen LogP contribution in [0.5, 0.6) is 5.75 Å². The van der Waals surface area contributed by atoms with E-state index in [2.05, 4.69) is 10.6 Å². The molecular formula is C14H12Cl2N2OS. The quantitative estimate of drug-likeness (QED) is 0.793. The van der Waals surface area contributed by atoms with Crippen LogP contribution in [0.2, 0.25) is 10.0 Å². The molecule has 2 rings (SSSR count). The molecule has 0 aliphatic carbocycles. The summed E-state index contributed by atoms with van der Waals surface area (Å²) < 4.78 is 5.15. The Morgan fingerprint density at radius 1 is 1.10 bits per heavy atom. The SMILES string of the molecule is COc1cccc(NC(=S)Nc2cc(Cl)ccc2Cl)c1. The van der Waals surface area contributed by atoms with Crippen LogP contribution in [0.4, 0.5) is 11.4 Å². The summed E-state index contributed by atoms with van der Waals surface area (Å²) in [5.74, 6) is 0.749. The van der Waals surface area contributed by atoms with Gasteiger partial charge in [-0.2, -0.15) is 0 Å². The maximum atomic E-state index is 6.06. The first kappa shape index (κ1) is 14.9. The minimum atomic E-state index is 0.419. The highest BCUT2D eigenvalue weighted by molar-refractivity contribution is 7.80. The molecule has 2 aromatic carbocycles. The molecule has 0 amide bonds. The highest BCUT2D eigenvalue weighted by Crippen LogP contribution is 2.25. The van der Waals surface area contributed by atoms with Crippen LogP contribution in [-0.2, 0) is 0 Å². The summed E-state index contributed by atoms with van der Waals surface area (Å²) >= 11 is 17.2. The van der Waals surface area contributed by atoms with Crippen molar-refractivity contribution in [1.29, 1.82) is 0 Å². The molecule has 6 heteroatoms. The Bertz CT molecular complexity index is 634. The van der Waals surface area contributed by atoms with Crippen LogP contribution in [0.25, 0.3) is 0 Å². The molecule has 0 aliphatic heterocycles. The largest absolute Gasteiger partial charge is 0.497 e. The van der Waals surface area contributed by atoms with Gasteiger partial charge in [-0.3, -0.25) is 0 Å². The van der Waals surface area contributed by atoms with Crippen LogP contribution >= 0.6 is 35.4 Å². The number of hydrogen-bond acceptors (Lipinski definition) is 2. The minimum absolute atomic E-state index is 0.419. The van der Waals surface area contributed by atoms with Crippen LogP contribution in [-0.4, -0.2) is 12.2 Å². The first-order valence-electron chi connectivity index (χ1n) is 5.75. The molecule has 0 saturated heterocycles. The summed E-state index contributed by atoms with van der Waals surface area (Å²) in [4.78, 5) is 0. The van der Waals surface area contributed by atoms with Crippen molar-refractivity contribution in [2.45, 2.75) is 0 Å². The number of thiocarbonyl (C=S) groups is 1. The maximum absolute atomic E-state index is 6.06. The molecule has 2 aromatic rings. The molecule has 0 aliphatic rings. The lowest BCUT2D eigenvalue weighted by molar-refractivity contribution is 0.415. The third-order valence-corrected chi connectivity index (χ3v) is 3.27. The summed E-state index contributed by atoms with van der Waals surface area (Å²) in [6.07, 6.45) is 0. The topological polar surface area (TPSA) is 33.3 Å². The molecule has 0 atom stereocenters. The second kappa shape index (κ2) is 6.79. The van der Waals surface area contributed by atoms with E-state index in [1.54, 1.807) is 25.3 Å². The number of rotatable bonds is 3. The van der Waals surface area contributed by atoms with Crippen LogP contribution in [0.3, 0.4) is 0 Å². The van der Waals surface area contributed by atoms with Gasteiger partial charge in [0.25, 0.3) is 0 Å². The van der Waals surface area contributed by atoms with Gasteiger partial charge in [0, 0.05) is 16.8 Å². The van der Waals surface area contributed by atoms with E-state index in [4.69, 9.17) is 40.2 Å². The zero-order chi connectivity index (χ0) is 14.5. The second-order valence-electron chi connectivity index (χ2n) is 3.94. The van der Waals surface area contributed by atoms with Crippen molar-refractivity contribution >= 4 is 51.9 Å². The van der Waals surface area contributed by atoms with E-state index < -0.39 is 0 Å². The molecule has 0 heterocycles. The lowest BCUT2D eigenvalue weighted by atomic mass is 10.3. The van der Waals surface area contributed by atoms with E-state index in [0.29, 0.717) is 20.8 Å². The van der Waals surface area contributed by atoms with E-state index in [1.807, 2.05) is 24.3 Å². The Balaban J connectivity index is 2.07. The lowest BCUT2D eigenvalue weighted by Crippen LogP contribution is -2.19. The summed E-state index contributed by atoms with van der Waals surface area (Å²) in [5.41, 5.74) is 1.47. The van der Waals surface area contributed by atoms with Gasteiger partial charge in [-0.15, -0.1) is 0 Å². The van der Waals surface area contributed by atoms with Gasteiger partial charge in [0.05, 0.1) is 17.8 Å². The van der Waals surface area contributed by atoms with E-state index in [9.17, 15) is 0 Å². The Kier molecular flexibility index (Phi) is 5.06. The number of hydrogen-bond donors (Lipinski definition) is 2. The Morgan fingerprint density at radius 2 is 1.90 bits per heavy atom. The summed E-state index contributed by atoms with van der Waals surface area (Å²) in [5, 5.41) is 7.60. The van der Waals surface area contributed by atoms with E-state index in [0.717, 1.165) is 11.4 Å². The average Bonchev–Trinajstić information content (AvgIpc) is 2.43. The monoisotopic (exact) mass is 326 g/mol. The van der Waals surface area contributed by atoms with Crippen LogP contribution in [0.1, 0.15) is 0 Å². The van der Waals surface area contributed by atoms with E-state index in [1.165, 1.54) is 0 Å². The number of nitrogens with one attached hydrogen (secondary N) is 2. The first-order valence-corrected chi connectivity index (χ1v) is 6.92. The van der Waals surface area contributed by atoms with Crippen molar-refractivity contribution in [2.75, 3.05) is 17.7 Å². The predicted octanol–water partition coefficient (Wildman–Crippen LogP) is 4.81. The van der Waals surface area contributed by atoms with Crippen molar-refractivity contribution in [3.8, 4) is 5.75 Å². The number of benzene rings is 2.